The highest BCUT2D eigenvalue weighted by Crippen LogP contribution is 2.43. The van der Waals surface area contributed by atoms with Crippen molar-refractivity contribution in [1.82, 2.24) is 4.31 Å². The van der Waals surface area contributed by atoms with Crippen LogP contribution in [-0.4, -0.2) is 37.4 Å². The van der Waals surface area contributed by atoms with Gasteiger partial charge in [-0.25, -0.2) is 8.42 Å². The summed E-state index contributed by atoms with van der Waals surface area (Å²) in [5.74, 6) is -2.73. The van der Waals surface area contributed by atoms with E-state index in [2.05, 4.69) is 6.58 Å². The molecule has 0 aliphatic carbocycles. The second-order valence-corrected chi connectivity index (χ2v) is 12.2. The zero-order valence-corrected chi connectivity index (χ0v) is 23.1. The largest absolute Gasteiger partial charge is 0.293 e. The van der Waals surface area contributed by atoms with Gasteiger partial charge in [-0.2, -0.15) is 4.31 Å². The summed E-state index contributed by atoms with van der Waals surface area (Å²) >= 11 is 0. The molecule has 1 fully saturated rings. The van der Waals surface area contributed by atoms with E-state index >= 15 is 0 Å². The Kier molecular flexibility index (Phi) is 7.92. The quantitative estimate of drug-likeness (QED) is 0.139. The van der Waals surface area contributed by atoms with E-state index in [1.165, 1.54) is 4.31 Å². The van der Waals surface area contributed by atoms with Crippen LogP contribution in [-0.2, 0) is 10.0 Å². The van der Waals surface area contributed by atoms with Crippen molar-refractivity contribution in [1.29, 1.82) is 0 Å². The van der Waals surface area contributed by atoms with Gasteiger partial charge >= 0.3 is 0 Å². The van der Waals surface area contributed by atoms with Crippen LogP contribution in [0.2, 0.25) is 0 Å². The van der Waals surface area contributed by atoms with Gasteiger partial charge in [-0.1, -0.05) is 121 Å². The molecule has 1 aliphatic rings. The molecule has 40 heavy (non-hydrogen) atoms. The predicted octanol–water partition coefficient (Wildman–Crippen LogP) is 6.34. The van der Waals surface area contributed by atoms with Crippen molar-refractivity contribution in [2.24, 2.45) is 11.8 Å². The zero-order chi connectivity index (χ0) is 28.3. The van der Waals surface area contributed by atoms with Crippen molar-refractivity contribution in [3.63, 3.8) is 0 Å². The number of ketones is 2. The van der Waals surface area contributed by atoms with Crippen LogP contribution in [0.1, 0.15) is 37.8 Å². The maximum atomic E-state index is 14.2. The first-order valence-corrected chi connectivity index (χ1v) is 14.7. The second-order valence-electron chi connectivity index (χ2n) is 10.3. The van der Waals surface area contributed by atoms with Crippen LogP contribution >= 0.6 is 0 Å². The molecule has 1 aliphatic heterocycles. The first-order chi connectivity index (χ1) is 19.3. The summed E-state index contributed by atoms with van der Waals surface area (Å²) in [6, 6.07) is 33.8. The molecule has 0 bridgehead atoms. The van der Waals surface area contributed by atoms with E-state index in [-0.39, 0.29) is 29.6 Å². The van der Waals surface area contributed by atoms with Gasteiger partial charge in [-0.3, -0.25) is 9.59 Å². The molecular formula is C34H31NO4S. The van der Waals surface area contributed by atoms with Crippen LogP contribution in [0.5, 0.6) is 0 Å². The highest BCUT2D eigenvalue weighted by Gasteiger charge is 2.46. The molecule has 5 nitrogen and oxygen atoms in total. The second kappa shape index (κ2) is 11.5. The summed E-state index contributed by atoms with van der Waals surface area (Å²) in [6.45, 7) is 6.42. The Hall–Kier alpha value is -4.13. The normalized spacial score (nSPS) is 16.6. The van der Waals surface area contributed by atoms with Crippen molar-refractivity contribution in [3.05, 3.63) is 150 Å². The van der Waals surface area contributed by atoms with Crippen molar-refractivity contribution >= 4 is 21.6 Å². The Labute approximate surface area is 235 Å². The Morgan fingerprint density at radius 1 is 0.750 bits per heavy atom. The molecular weight excluding hydrogens is 518 g/mol. The summed E-state index contributed by atoms with van der Waals surface area (Å²) in [6.07, 6.45) is 0. The number of benzene rings is 4. The molecule has 2 atom stereocenters. The molecule has 0 amide bonds. The van der Waals surface area contributed by atoms with Crippen LogP contribution in [0.15, 0.2) is 132 Å². The Morgan fingerprint density at radius 2 is 1.23 bits per heavy atom. The van der Waals surface area contributed by atoms with Gasteiger partial charge in [0.1, 0.15) is 0 Å². The molecule has 1 unspecified atom stereocenters. The van der Waals surface area contributed by atoms with Gasteiger partial charge in [-0.15, -0.1) is 0 Å². The first-order valence-electron chi connectivity index (χ1n) is 13.3. The Bertz CT molecular complexity index is 1560. The molecule has 202 valence electrons. The predicted molar refractivity (Wildman–Crippen MR) is 157 cm³/mol. The molecule has 0 aromatic heterocycles. The monoisotopic (exact) mass is 549 g/mol. The molecule has 5 rings (SSSR count). The van der Waals surface area contributed by atoms with E-state index in [1.807, 2.05) is 49.4 Å². The van der Waals surface area contributed by atoms with E-state index in [0.29, 0.717) is 16.7 Å². The van der Waals surface area contributed by atoms with Crippen LogP contribution in [0.25, 0.3) is 0 Å². The SMILES string of the molecule is C=C1CN(S(=O)(=O)c2ccc(C)cc2)CC1[C@@H](c1ccccc1)C(C(=O)c1ccccc1)C(=O)c1ccccc1. The summed E-state index contributed by atoms with van der Waals surface area (Å²) in [4.78, 5) is 28.6. The van der Waals surface area contributed by atoms with E-state index in [4.69, 9.17) is 0 Å². The number of rotatable bonds is 9. The topological polar surface area (TPSA) is 71.5 Å². The highest BCUT2D eigenvalue weighted by atomic mass is 32.2. The number of carbonyl (C=O) groups excluding carboxylic acids is 2. The number of hydrogen-bond acceptors (Lipinski definition) is 4. The lowest BCUT2D eigenvalue weighted by atomic mass is 9.69. The maximum Gasteiger partial charge on any atom is 0.243 e. The van der Waals surface area contributed by atoms with Gasteiger partial charge in [0, 0.05) is 36.1 Å². The fraction of sp³-hybridized carbons (Fsp3) is 0.176. The first kappa shape index (κ1) is 27.4. The number of sulfonamides is 1. The van der Waals surface area contributed by atoms with Crippen molar-refractivity contribution in [2.75, 3.05) is 13.1 Å². The Balaban J connectivity index is 1.60. The number of Topliss-reactive ketones (excluding diaryl/α,β-unsaturated/α-hetero) is 2. The van der Waals surface area contributed by atoms with Crippen LogP contribution in [0.3, 0.4) is 0 Å². The van der Waals surface area contributed by atoms with Gasteiger partial charge in [0.25, 0.3) is 0 Å². The molecule has 1 saturated heterocycles. The standard InChI is InChI=1S/C34H31NO4S/c1-24-18-20-29(21-19-24)40(38,39)35-22-25(2)30(23-35)31(26-12-6-3-7-13-26)32(33(36)27-14-8-4-9-15-27)34(37)28-16-10-5-11-17-28/h3-21,30-32H,2,22-23H2,1H3/t30?,31-/m1/s1. The molecule has 0 N–H and O–H groups in total. The minimum atomic E-state index is -3.80. The zero-order valence-electron chi connectivity index (χ0n) is 22.3. The number of nitrogens with zero attached hydrogens (tertiary/aromatic N) is 1. The van der Waals surface area contributed by atoms with E-state index in [0.717, 1.165) is 11.1 Å². The van der Waals surface area contributed by atoms with Gasteiger partial charge in [0.2, 0.25) is 10.0 Å². The van der Waals surface area contributed by atoms with Crippen molar-refractivity contribution in [2.45, 2.75) is 17.7 Å². The van der Waals surface area contributed by atoms with E-state index in [1.54, 1.807) is 72.8 Å². The average molecular weight is 550 g/mol. The maximum absolute atomic E-state index is 14.2. The molecule has 4 aromatic rings. The number of aryl methyl sites for hydroxylation is 1. The smallest absolute Gasteiger partial charge is 0.243 e. The third kappa shape index (κ3) is 5.46. The van der Waals surface area contributed by atoms with Gasteiger partial charge in [-0.05, 0) is 24.6 Å². The lowest BCUT2D eigenvalue weighted by Gasteiger charge is -2.31. The third-order valence-corrected chi connectivity index (χ3v) is 9.45. The minimum Gasteiger partial charge on any atom is -0.293 e. The van der Waals surface area contributed by atoms with Crippen LogP contribution in [0, 0.1) is 18.8 Å². The summed E-state index contributed by atoms with van der Waals surface area (Å²) in [5, 5.41) is 0. The molecule has 0 radical (unpaired) electrons. The average Bonchev–Trinajstić information content (AvgIpc) is 3.38. The lowest BCUT2D eigenvalue weighted by molar-refractivity contribution is 0.0766. The fourth-order valence-electron chi connectivity index (χ4n) is 5.51. The van der Waals surface area contributed by atoms with Crippen molar-refractivity contribution < 1.29 is 18.0 Å². The minimum absolute atomic E-state index is 0.120. The molecule has 0 spiro atoms. The molecule has 6 heteroatoms. The summed E-state index contributed by atoms with van der Waals surface area (Å²) < 4.78 is 28.7. The van der Waals surface area contributed by atoms with Crippen LogP contribution in [0.4, 0.5) is 0 Å². The van der Waals surface area contributed by atoms with Gasteiger partial charge < -0.3 is 0 Å². The third-order valence-electron chi connectivity index (χ3n) is 7.62. The molecule has 1 heterocycles. The van der Waals surface area contributed by atoms with E-state index < -0.39 is 27.8 Å². The lowest BCUT2D eigenvalue weighted by Crippen LogP contribution is -2.36. The van der Waals surface area contributed by atoms with Gasteiger partial charge in [0.05, 0.1) is 10.8 Å². The van der Waals surface area contributed by atoms with E-state index in [9.17, 15) is 18.0 Å². The summed E-state index contributed by atoms with van der Waals surface area (Å²) in [7, 11) is -3.80. The fourth-order valence-corrected chi connectivity index (χ4v) is 6.98. The number of hydrogen-bond donors (Lipinski definition) is 0. The van der Waals surface area contributed by atoms with Gasteiger partial charge in [0.15, 0.2) is 11.6 Å². The highest BCUT2D eigenvalue weighted by molar-refractivity contribution is 7.89. The summed E-state index contributed by atoms with van der Waals surface area (Å²) in [5.41, 5.74) is 3.31. The molecule has 0 saturated carbocycles. The van der Waals surface area contributed by atoms with Crippen molar-refractivity contribution in [3.8, 4) is 0 Å². The Morgan fingerprint density at radius 3 is 1.73 bits per heavy atom. The number of carbonyl (C=O) groups is 2. The molecule has 4 aromatic carbocycles. The van der Waals surface area contributed by atoms with Crippen LogP contribution < -0.4 is 0 Å².